The van der Waals surface area contributed by atoms with Gasteiger partial charge in [0.1, 0.15) is 0 Å². The molecule has 2 aromatic rings. The van der Waals surface area contributed by atoms with Crippen LogP contribution in [0.5, 0.6) is 0 Å². The summed E-state index contributed by atoms with van der Waals surface area (Å²) in [6, 6.07) is 9.30. The zero-order chi connectivity index (χ0) is 15.2. The van der Waals surface area contributed by atoms with Crippen LogP contribution in [0.1, 0.15) is 21.5 Å². The molecule has 110 valence electrons. The van der Waals surface area contributed by atoms with E-state index in [1.807, 2.05) is 31.2 Å². The van der Waals surface area contributed by atoms with Crippen molar-refractivity contribution in [1.29, 1.82) is 0 Å². The van der Waals surface area contributed by atoms with E-state index in [1.165, 1.54) is 0 Å². The molecule has 4 nitrogen and oxygen atoms in total. The Kier molecular flexibility index (Phi) is 5.47. The van der Waals surface area contributed by atoms with E-state index in [4.69, 9.17) is 0 Å². The summed E-state index contributed by atoms with van der Waals surface area (Å²) in [6.45, 7) is 2.55. The molecular formula is C16H17BrN2O2. The maximum atomic E-state index is 12.7. The molecule has 0 radical (unpaired) electrons. The van der Waals surface area contributed by atoms with Crippen molar-refractivity contribution in [2.45, 2.75) is 13.5 Å². The van der Waals surface area contributed by atoms with Crippen LogP contribution in [0.3, 0.4) is 0 Å². The molecule has 1 N–H and O–H groups in total. The van der Waals surface area contributed by atoms with Crippen LogP contribution in [0.25, 0.3) is 0 Å². The third kappa shape index (κ3) is 3.89. The van der Waals surface area contributed by atoms with Crippen LogP contribution >= 0.6 is 15.9 Å². The molecule has 0 bridgehead atoms. The molecule has 1 amide bonds. The molecule has 0 saturated carbocycles. The van der Waals surface area contributed by atoms with Crippen LogP contribution in [0.2, 0.25) is 0 Å². The second-order valence-electron chi connectivity index (χ2n) is 4.72. The lowest BCUT2D eigenvalue weighted by Gasteiger charge is -2.23. The second-order valence-corrected chi connectivity index (χ2v) is 5.58. The number of aromatic nitrogens is 1. The molecule has 1 aromatic heterocycles. The van der Waals surface area contributed by atoms with E-state index in [-0.39, 0.29) is 12.5 Å². The largest absolute Gasteiger partial charge is 0.395 e. The Bertz CT molecular complexity index is 617. The van der Waals surface area contributed by atoms with E-state index in [1.54, 1.807) is 23.4 Å². The van der Waals surface area contributed by atoms with E-state index >= 15 is 0 Å². The molecule has 1 aromatic carbocycles. The zero-order valence-corrected chi connectivity index (χ0v) is 13.4. The first-order valence-electron chi connectivity index (χ1n) is 6.67. The number of aliphatic hydroxyl groups excluding tert-OH is 1. The second kappa shape index (κ2) is 7.33. The monoisotopic (exact) mass is 348 g/mol. The van der Waals surface area contributed by atoms with Gasteiger partial charge in [0.25, 0.3) is 5.91 Å². The van der Waals surface area contributed by atoms with E-state index in [9.17, 15) is 9.90 Å². The first kappa shape index (κ1) is 15.7. The van der Waals surface area contributed by atoms with Crippen LogP contribution < -0.4 is 0 Å². The first-order chi connectivity index (χ1) is 10.1. The normalized spacial score (nSPS) is 10.4. The lowest BCUT2D eigenvalue weighted by molar-refractivity contribution is 0.0707. The average Bonchev–Trinajstić information content (AvgIpc) is 2.50. The number of pyridine rings is 1. The summed E-state index contributed by atoms with van der Waals surface area (Å²) < 4.78 is 0.902. The minimum atomic E-state index is -0.0910. The van der Waals surface area contributed by atoms with Crippen molar-refractivity contribution < 1.29 is 9.90 Å². The van der Waals surface area contributed by atoms with Crippen LogP contribution in [-0.4, -0.2) is 34.0 Å². The minimum absolute atomic E-state index is 0.0704. The molecule has 5 heteroatoms. The number of amides is 1. The summed E-state index contributed by atoms with van der Waals surface area (Å²) in [5.41, 5.74) is 2.48. The maximum absolute atomic E-state index is 12.7. The Hall–Kier alpha value is -1.72. The summed E-state index contributed by atoms with van der Waals surface area (Å²) in [5, 5.41) is 9.22. The number of hydrogen-bond donors (Lipinski definition) is 1. The fourth-order valence-corrected chi connectivity index (χ4v) is 2.46. The van der Waals surface area contributed by atoms with E-state index in [2.05, 4.69) is 20.9 Å². The molecule has 0 aliphatic carbocycles. The van der Waals surface area contributed by atoms with Crippen molar-refractivity contribution >= 4 is 21.8 Å². The van der Waals surface area contributed by atoms with E-state index in [0.29, 0.717) is 18.7 Å². The van der Waals surface area contributed by atoms with Gasteiger partial charge in [-0.15, -0.1) is 0 Å². The first-order valence-corrected chi connectivity index (χ1v) is 7.47. The van der Waals surface area contributed by atoms with Crippen molar-refractivity contribution in [3.05, 3.63) is 63.9 Å². The molecule has 0 unspecified atom stereocenters. The number of benzene rings is 1. The van der Waals surface area contributed by atoms with Gasteiger partial charge in [0, 0.05) is 35.5 Å². The van der Waals surface area contributed by atoms with Gasteiger partial charge in [-0.25, -0.2) is 0 Å². The lowest BCUT2D eigenvalue weighted by Crippen LogP contribution is -2.33. The van der Waals surface area contributed by atoms with Gasteiger partial charge in [-0.1, -0.05) is 28.1 Å². The summed E-state index contributed by atoms with van der Waals surface area (Å²) in [7, 11) is 0. The van der Waals surface area contributed by atoms with Gasteiger partial charge in [0.2, 0.25) is 0 Å². The minimum Gasteiger partial charge on any atom is -0.395 e. The fourth-order valence-electron chi connectivity index (χ4n) is 2.09. The molecule has 21 heavy (non-hydrogen) atoms. The summed E-state index contributed by atoms with van der Waals surface area (Å²) in [6.07, 6.45) is 3.42. The van der Waals surface area contributed by atoms with Crippen LogP contribution in [0.15, 0.2) is 47.2 Å². The van der Waals surface area contributed by atoms with Crippen molar-refractivity contribution in [3.63, 3.8) is 0 Å². The van der Waals surface area contributed by atoms with Crippen molar-refractivity contribution in [2.75, 3.05) is 13.2 Å². The molecule has 0 fully saturated rings. The molecule has 0 spiro atoms. The molecule has 2 rings (SSSR count). The highest BCUT2D eigenvalue weighted by atomic mass is 79.9. The fraction of sp³-hybridized carbons (Fsp3) is 0.250. The smallest absolute Gasteiger partial charge is 0.254 e. The maximum Gasteiger partial charge on any atom is 0.254 e. The van der Waals surface area contributed by atoms with E-state index in [0.717, 1.165) is 15.6 Å². The number of hydrogen-bond acceptors (Lipinski definition) is 3. The van der Waals surface area contributed by atoms with Gasteiger partial charge in [-0.05, 0) is 36.2 Å². The van der Waals surface area contributed by atoms with Crippen molar-refractivity contribution in [2.24, 2.45) is 0 Å². The van der Waals surface area contributed by atoms with Crippen molar-refractivity contribution in [1.82, 2.24) is 9.88 Å². The Labute approximate surface area is 132 Å². The molecule has 0 saturated heterocycles. The zero-order valence-electron chi connectivity index (χ0n) is 11.8. The highest BCUT2D eigenvalue weighted by molar-refractivity contribution is 9.10. The number of aliphatic hydroxyl groups is 1. The number of carbonyl (C=O) groups is 1. The number of rotatable bonds is 5. The Morgan fingerprint density at radius 1 is 1.33 bits per heavy atom. The predicted molar refractivity (Wildman–Crippen MR) is 84.9 cm³/mol. The molecule has 1 heterocycles. The van der Waals surface area contributed by atoms with Crippen molar-refractivity contribution in [3.8, 4) is 0 Å². The van der Waals surface area contributed by atoms with Gasteiger partial charge in [-0.2, -0.15) is 0 Å². The standard InChI is InChI=1S/C16H17BrN2O2/c1-12-14(5-2-6-15(12)17)16(21)19(8-9-20)11-13-4-3-7-18-10-13/h2-7,10,20H,8-9,11H2,1H3. The van der Waals surface area contributed by atoms with Gasteiger partial charge >= 0.3 is 0 Å². The quantitative estimate of drug-likeness (QED) is 0.903. The molecule has 0 aliphatic heterocycles. The lowest BCUT2D eigenvalue weighted by atomic mass is 10.1. The van der Waals surface area contributed by atoms with Gasteiger partial charge in [0.05, 0.1) is 6.61 Å². The number of carbonyl (C=O) groups excluding carboxylic acids is 1. The molecule has 0 atom stereocenters. The number of nitrogens with zero attached hydrogens (tertiary/aromatic N) is 2. The molecular weight excluding hydrogens is 332 g/mol. The SMILES string of the molecule is Cc1c(Br)cccc1C(=O)N(CCO)Cc1cccnc1. The summed E-state index contributed by atoms with van der Waals surface area (Å²) >= 11 is 3.44. The van der Waals surface area contributed by atoms with Gasteiger partial charge in [-0.3, -0.25) is 9.78 Å². The van der Waals surface area contributed by atoms with Gasteiger partial charge < -0.3 is 10.0 Å². The molecule has 0 aliphatic rings. The highest BCUT2D eigenvalue weighted by Gasteiger charge is 2.18. The predicted octanol–water partition coefficient (Wildman–Crippen LogP) is 2.79. The van der Waals surface area contributed by atoms with Crippen LogP contribution in [0, 0.1) is 6.92 Å². The van der Waals surface area contributed by atoms with E-state index < -0.39 is 0 Å². The topological polar surface area (TPSA) is 53.4 Å². The highest BCUT2D eigenvalue weighted by Crippen LogP contribution is 2.21. The Balaban J connectivity index is 2.25. The third-order valence-electron chi connectivity index (χ3n) is 3.25. The van der Waals surface area contributed by atoms with Gasteiger partial charge in [0.15, 0.2) is 0 Å². The number of halogens is 1. The van der Waals surface area contributed by atoms with Crippen LogP contribution in [0.4, 0.5) is 0 Å². The third-order valence-corrected chi connectivity index (χ3v) is 4.11. The summed E-state index contributed by atoms with van der Waals surface area (Å²) in [5.74, 6) is -0.0910. The average molecular weight is 349 g/mol. The summed E-state index contributed by atoms with van der Waals surface area (Å²) in [4.78, 5) is 18.4. The van der Waals surface area contributed by atoms with Crippen LogP contribution in [-0.2, 0) is 6.54 Å². The Morgan fingerprint density at radius 2 is 2.14 bits per heavy atom. The Morgan fingerprint density at radius 3 is 2.81 bits per heavy atom.